The molecule has 0 heterocycles. The maximum absolute atomic E-state index is 8.74. The first-order valence-electron chi connectivity index (χ1n) is 1.11. The van der Waals surface area contributed by atoms with Crippen LogP contribution in [-0.2, 0) is 20.0 Å². The van der Waals surface area contributed by atoms with E-state index in [1.807, 2.05) is 0 Å². The maximum Gasteiger partial charge on any atom is 0.394 e. The van der Waals surface area contributed by atoms with Gasteiger partial charge < -0.3 is 6.15 Å². The molecule has 0 aromatic carbocycles. The Balaban J connectivity index is -0.0000000800. The van der Waals surface area contributed by atoms with E-state index in [1.54, 1.807) is 0 Å². The fourth-order valence-corrected chi connectivity index (χ4v) is 0. The zero-order valence-electron chi connectivity index (χ0n) is 4.14. The molecule has 0 aromatic heterocycles. The van der Waals surface area contributed by atoms with Crippen molar-refractivity contribution < 1.29 is 27.1 Å². The predicted octanol–water partition coefficient (Wildman–Crippen LogP) is -1.07. The molecule has 56 valence electrons. The monoisotopic (exact) mass is 159 g/mol. The third-order valence-electron chi connectivity index (χ3n) is 0. The van der Waals surface area contributed by atoms with Crippen molar-refractivity contribution in [1.29, 1.82) is 0 Å². The lowest BCUT2D eigenvalue weighted by molar-refractivity contribution is -0.191. The largest absolute Gasteiger partial charge is 0.394 e. The summed E-state index contributed by atoms with van der Waals surface area (Å²) in [5, 5.41) is 0. The lowest BCUT2D eigenvalue weighted by atomic mass is 11.8. The van der Waals surface area contributed by atoms with Gasteiger partial charge in [0.2, 0.25) is 0 Å². The Bertz CT molecular complexity index is 153. The summed E-state index contributed by atoms with van der Waals surface area (Å²) in [4.78, 5) is 16.2. The molecule has 5 N–H and O–H groups in total. The Labute approximate surface area is 50.8 Å². The van der Waals surface area contributed by atoms with Gasteiger partial charge >= 0.3 is 16.6 Å². The number of hydrogen-bond donors (Lipinski definition) is 3. The molecule has 0 amide bonds. The van der Waals surface area contributed by atoms with Crippen LogP contribution in [0, 0.1) is 0 Å². The van der Waals surface area contributed by atoms with Gasteiger partial charge in [-0.05, 0) is 0 Å². The summed E-state index contributed by atoms with van der Waals surface area (Å²) in [5.41, 5.74) is 0. The number of hydrogen-bond acceptors (Lipinski definition) is 5. The summed E-state index contributed by atoms with van der Waals surface area (Å²) in [6.07, 6.45) is 0.250. The summed E-state index contributed by atoms with van der Waals surface area (Å²) in [7, 11) is -4.67. The van der Waals surface area contributed by atoms with Crippen molar-refractivity contribution in [2.24, 2.45) is 0 Å². The molecule has 0 radical (unpaired) electrons. The summed E-state index contributed by atoms with van der Waals surface area (Å²) >= 11 is 0. The SMILES string of the molecule is N.O=C=O.O=S(=O)(O)O. The second-order valence-electron chi connectivity index (χ2n) is 0.531. The predicted molar refractivity (Wildman–Crippen MR) is 24.2 cm³/mol. The molecule has 7 nitrogen and oxygen atoms in total. The van der Waals surface area contributed by atoms with Crippen LogP contribution < -0.4 is 6.15 Å². The van der Waals surface area contributed by atoms with Crippen LogP contribution >= 0.6 is 0 Å². The van der Waals surface area contributed by atoms with Gasteiger partial charge in [-0.1, -0.05) is 0 Å². The number of carbonyl (C=O) groups excluding carboxylic acids is 2. The molecule has 8 heteroatoms. The van der Waals surface area contributed by atoms with Gasteiger partial charge in [0.1, 0.15) is 0 Å². The Morgan fingerprint density at radius 3 is 1.11 bits per heavy atom. The Kier molecular flexibility index (Phi) is 12.6. The van der Waals surface area contributed by atoms with Crippen molar-refractivity contribution in [1.82, 2.24) is 6.15 Å². The first kappa shape index (κ1) is 15.7. The van der Waals surface area contributed by atoms with Gasteiger partial charge in [-0.2, -0.15) is 18.0 Å². The lowest BCUT2D eigenvalue weighted by Crippen LogP contribution is -1.89. The van der Waals surface area contributed by atoms with E-state index in [0.717, 1.165) is 0 Å². The molecular formula is CH5NO6S. The minimum absolute atomic E-state index is 0. The quantitative estimate of drug-likeness (QED) is 0.381. The van der Waals surface area contributed by atoms with Gasteiger partial charge in [0, 0.05) is 0 Å². The number of rotatable bonds is 0. The van der Waals surface area contributed by atoms with Crippen molar-refractivity contribution in [2.45, 2.75) is 0 Å². The van der Waals surface area contributed by atoms with Crippen molar-refractivity contribution in [3.05, 3.63) is 0 Å². The minimum Gasteiger partial charge on any atom is -0.344 e. The molecule has 0 spiro atoms. The van der Waals surface area contributed by atoms with Crippen molar-refractivity contribution in [3.8, 4) is 0 Å². The van der Waals surface area contributed by atoms with Crippen LogP contribution in [0.1, 0.15) is 0 Å². The van der Waals surface area contributed by atoms with E-state index in [-0.39, 0.29) is 12.3 Å². The standard InChI is InChI=1S/CO2.H3N.H2O4S/c2-1-3;;1-5(2,3)4/h;1H3;(H2,1,2,3,4). The lowest BCUT2D eigenvalue weighted by Gasteiger charge is -1.68. The molecular weight excluding hydrogens is 154 g/mol. The maximum atomic E-state index is 8.74. The van der Waals surface area contributed by atoms with Crippen molar-refractivity contribution in [2.75, 3.05) is 0 Å². The molecule has 0 aliphatic rings. The molecule has 0 fully saturated rings. The van der Waals surface area contributed by atoms with Crippen LogP contribution in [0.25, 0.3) is 0 Å². The summed E-state index contributed by atoms with van der Waals surface area (Å²) < 4.78 is 31.6. The average molecular weight is 159 g/mol. The topological polar surface area (TPSA) is 144 Å². The molecule has 0 saturated heterocycles. The fraction of sp³-hybridized carbons (Fsp3) is 0. The van der Waals surface area contributed by atoms with E-state index in [1.165, 1.54) is 0 Å². The highest BCUT2D eigenvalue weighted by molar-refractivity contribution is 7.79. The van der Waals surface area contributed by atoms with Crippen molar-refractivity contribution in [3.63, 3.8) is 0 Å². The highest BCUT2D eigenvalue weighted by Crippen LogP contribution is 1.59. The van der Waals surface area contributed by atoms with Crippen LogP contribution in [0.5, 0.6) is 0 Å². The Morgan fingerprint density at radius 2 is 1.11 bits per heavy atom. The summed E-state index contributed by atoms with van der Waals surface area (Å²) in [6, 6.07) is 0. The molecule has 0 atom stereocenters. The normalized spacial score (nSPS) is 7.33. The average Bonchev–Trinajstić information content (AvgIpc) is 1.27. The third kappa shape index (κ3) is 314. The summed E-state index contributed by atoms with van der Waals surface area (Å²) in [6.45, 7) is 0. The van der Waals surface area contributed by atoms with E-state index in [4.69, 9.17) is 27.1 Å². The molecule has 0 rings (SSSR count). The first-order chi connectivity index (χ1) is 3.41. The van der Waals surface area contributed by atoms with Gasteiger partial charge in [-0.3, -0.25) is 9.11 Å². The molecule has 0 aliphatic carbocycles. The van der Waals surface area contributed by atoms with E-state index < -0.39 is 10.4 Å². The molecule has 0 saturated carbocycles. The van der Waals surface area contributed by atoms with Gasteiger partial charge in [-0.25, -0.2) is 0 Å². The second-order valence-corrected chi connectivity index (χ2v) is 1.43. The molecule has 0 bridgehead atoms. The van der Waals surface area contributed by atoms with Crippen LogP contribution in [0.3, 0.4) is 0 Å². The zero-order chi connectivity index (χ0) is 7.21. The zero-order valence-corrected chi connectivity index (χ0v) is 4.96. The fourth-order valence-electron chi connectivity index (χ4n) is 0. The smallest absolute Gasteiger partial charge is 0.344 e. The Morgan fingerprint density at radius 1 is 1.11 bits per heavy atom. The Hall–Kier alpha value is -0.790. The van der Waals surface area contributed by atoms with Gasteiger partial charge in [0.15, 0.2) is 0 Å². The third-order valence-corrected chi connectivity index (χ3v) is 0. The van der Waals surface area contributed by atoms with E-state index in [2.05, 4.69) is 0 Å². The van der Waals surface area contributed by atoms with E-state index in [9.17, 15) is 0 Å². The van der Waals surface area contributed by atoms with Gasteiger partial charge in [0.25, 0.3) is 0 Å². The molecule has 0 unspecified atom stereocenters. The molecule has 9 heavy (non-hydrogen) atoms. The summed E-state index contributed by atoms with van der Waals surface area (Å²) in [5.74, 6) is 0. The van der Waals surface area contributed by atoms with Gasteiger partial charge in [-0.15, -0.1) is 0 Å². The molecule has 0 aromatic rings. The van der Waals surface area contributed by atoms with Crippen LogP contribution in [0.4, 0.5) is 0 Å². The van der Waals surface area contributed by atoms with E-state index >= 15 is 0 Å². The van der Waals surface area contributed by atoms with Crippen LogP contribution in [0.2, 0.25) is 0 Å². The second kappa shape index (κ2) is 7.21. The minimum atomic E-state index is -4.67. The highest BCUT2D eigenvalue weighted by Gasteiger charge is 1.84. The van der Waals surface area contributed by atoms with Crippen molar-refractivity contribution >= 4 is 16.6 Å². The van der Waals surface area contributed by atoms with E-state index in [0.29, 0.717) is 0 Å². The first-order valence-corrected chi connectivity index (χ1v) is 2.50. The van der Waals surface area contributed by atoms with Crippen LogP contribution in [-0.4, -0.2) is 23.7 Å². The highest BCUT2D eigenvalue weighted by atomic mass is 32.3. The van der Waals surface area contributed by atoms with Crippen LogP contribution in [0.15, 0.2) is 0 Å². The molecule has 0 aliphatic heterocycles. The van der Waals surface area contributed by atoms with Gasteiger partial charge in [0.05, 0.1) is 0 Å².